The first kappa shape index (κ1) is 17.2. The summed E-state index contributed by atoms with van der Waals surface area (Å²) in [6.45, 7) is 5.29. The number of halogens is 1. The summed E-state index contributed by atoms with van der Waals surface area (Å²) >= 11 is 7.26. The van der Waals surface area contributed by atoms with Crippen LogP contribution in [0.3, 0.4) is 0 Å². The number of carbonyl (C=O) groups is 1. The van der Waals surface area contributed by atoms with Crippen molar-refractivity contribution in [3.8, 4) is 5.75 Å². The van der Waals surface area contributed by atoms with Crippen LogP contribution in [0, 0.1) is 5.92 Å². The van der Waals surface area contributed by atoms with Gasteiger partial charge in [-0.3, -0.25) is 15.0 Å². The van der Waals surface area contributed by atoms with Crippen LogP contribution >= 0.6 is 22.9 Å². The van der Waals surface area contributed by atoms with Gasteiger partial charge in [0.15, 0.2) is 5.13 Å². The van der Waals surface area contributed by atoms with Crippen molar-refractivity contribution >= 4 is 34.0 Å². The van der Waals surface area contributed by atoms with Gasteiger partial charge in [-0.25, -0.2) is 4.98 Å². The quantitative estimate of drug-likeness (QED) is 0.859. The van der Waals surface area contributed by atoms with Gasteiger partial charge in [0.25, 0.3) is 5.91 Å². The molecular formula is C17H20ClN3O2S. The molecule has 1 fully saturated rings. The molecule has 1 aliphatic rings. The molecule has 1 aliphatic heterocycles. The van der Waals surface area contributed by atoms with Gasteiger partial charge in [-0.15, -0.1) is 11.3 Å². The van der Waals surface area contributed by atoms with E-state index in [0.717, 1.165) is 31.2 Å². The van der Waals surface area contributed by atoms with Gasteiger partial charge in [-0.2, -0.15) is 0 Å². The molecule has 5 nitrogen and oxygen atoms in total. The average molecular weight is 366 g/mol. The van der Waals surface area contributed by atoms with Gasteiger partial charge in [-0.05, 0) is 50.0 Å². The number of aromatic nitrogens is 1. The molecule has 0 spiro atoms. The lowest BCUT2D eigenvalue weighted by Gasteiger charge is -2.29. The lowest BCUT2D eigenvalue weighted by atomic mass is 9.99. The predicted molar refractivity (Wildman–Crippen MR) is 96.9 cm³/mol. The molecule has 0 bridgehead atoms. The first-order valence-electron chi connectivity index (χ1n) is 7.98. The van der Waals surface area contributed by atoms with E-state index in [4.69, 9.17) is 11.6 Å². The third-order valence-corrected chi connectivity index (χ3v) is 5.28. The van der Waals surface area contributed by atoms with Gasteiger partial charge in [0, 0.05) is 16.9 Å². The van der Waals surface area contributed by atoms with Crippen LogP contribution in [-0.4, -0.2) is 34.0 Å². The van der Waals surface area contributed by atoms with Crippen LogP contribution in [-0.2, 0) is 6.54 Å². The molecule has 0 saturated carbocycles. The van der Waals surface area contributed by atoms with Crippen LogP contribution in [0.1, 0.15) is 35.8 Å². The van der Waals surface area contributed by atoms with Gasteiger partial charge in [0.1, 0.15) is 5.75 Å². The number of likely N-dealkylation sites (tertiary alicyclic amines) is 1. The van der Waals surface area contributed by atoms with E-state index in [9.17, 15) is 9.90 Å². The zero-order valence-corrected chi connectivity index (χ0v) is 15.0. The number of phenols is 1. The van der Waals surface area contributed by atoms with Gasteiger partial charge in [-0.1, -0.05) is 18.5 Å². The van der Waals surface area contributed by atoms with Crippen molar-refractivity contribution in [3.63, 3.8) is 0 Å². The fourth-order valence-electron chi connectivity index (χ4n) is 2.74. The Balaban J connectivity index is 1.61. The summed E-state index contributed by atoms with van der Waals surface area (Å²) in [6.07, 6.45) is 2.45. The standard InChI is InChI=1S/C17H20ClN3O2S/c1-11-4-6-21(7-5-11)9-13-10-24-17(19-13)20-16(23)14-8-12(18)2-3-15(14)22/h2-3,8,10-11,22H,4-7,9H2,1H3,(H,19,20,23). The summed E-state index contributed by atoms with van der Waals surface area (Å²) in [7, 11) is 0. The Kier molecular flexibility index (Phi) is 5.38. The number of piperidine rings is 1. The van der Waals surface area contributed by atoms with E-state index < -0.39 is 5.91 Å². The molecule has 2 N–H and O–H groups in total. The van der Waals surface area contributed by atoms with Crippen LogP contribution in [0.4, 0.5) is 5.13 Å². The average Bonchev–Trinajstić information content (AvgIpc) is 2.99. The highest BCUT2D eigenvalue weighted by Crippen LogP contribution is 2.24. The minimum atomic E-state index is -0.414. The molecule has 0 atom stereocenters. The number of aromatic hydroxyl groups is 1. The fourth-order valence-corrected chi connectivity index (χ4v) is 3.61. The topological polar surface area (TPSA) is 65.5 Å². The molecule has 128 valence electrons. The van der Waals surface area contributed by atoms with Crippen molar-refractivity contribution in [1.82, 2.24) is 9.88 Å². The van der Waals surface area contributed by atoms with Gasteiger partial charge in [0.05, 0.1) is 11.3 Å². The summed E-state index contributed by atoms with van der Waals surface area (Å²) < 4.78 is 0. The lowest BCUT2D eigenvalue weighted by molar-refractivity contribution is 0.102. The Morgan fingerprint density at radius 1 is 1.46 bits per heavy atom. The maximum Gasteiger partial charge on any atom is 0.261 e. The van der Waals surface area contributed by atoms with Crippen LogP contribution in [0.15, 0.2) is 23.6 Å². The van der Waals surface area contributed by atoms with E-state index in [-0.39, 0.29) is 11.3 Å². The molecule has 0 radical (unpaired) electrons. The van der Waals surface area contributed by atoms with Crippen molar-refractivity contribution in [2.45, 2.75) is 26.3 Å². The number of carbonyl (C=O) groups excluding carboxylic acids is 1. The molecule has 3 rings (SSSR count). The van der Waals surface area contributed by atoms with Crippen LogP contribution < -0.4 is 5.32 Å². The minimum Gasteiger partial charge on any atom is -0.507 e. The molecule has 0 aliphatic carbocycles. The van der Waals surface area contributed by atoms with E-state index in [2.05, 4.69) is 22.1 Å². The highest BCUT2D eigenvalue weighted by Gasteiger charge is 2.18. The summed E-state index contributed by atoms with van der Waals surface area (Å²) in [4.78, 5) is 19.1. The van der Waals surface area contributed by atoms with Crippen molar-refractivity contribution in [2.24, 2.45) is 5.92 Å². The minimum absolute atomic E-state index is 0.101. The normalized spacial score (nSPS) is 16.2. The molecule has 1 aromatic carbocycles. The van der Waals surface area contributed by atoms with E-state index in [1.54, 1.807) is 0 Å². The Morgan fingerprint density at radius 3 is 2.96 bits per heavy atom. The molecule has 0 unspecified atom stereocenters. The number of rotatable bonds is 4. The van der Waals surface area contributed by atoms with Crippen molar-refractivity contribution < 1.29 is 9.90 Å². The van der Waals surface area contributed by atoms with E-state index in [1.165, 1.54) is 42.4 Å². The Hall–Kier alpha value is -1.63. The predicted octanol–water partition coefficient (Wildman–Crippen LogP) is 3.99. The molecule has 2 aromatic rings. The van der Waals surface area contributed by atoms with Gasteiger partial charge < -0.3 is 5.11 Å². The van der Waals surface area contributed by atoms with Crippen LogP contribution in [0.5, 0.6) is 5.75 Å². The maximum atomic E-state index is 12.2. The Bertz CT molecular complexity index is 726. The third-order valence-electron chi connectivity index (χ3n) is 4.24. The first-order valence-corrected chi connectivity index (χ1v) is 9.23. The maximum absolute atomic E-state index is 12.2. The number of nitrogens with zero attached hydrogens (tertiary/aromatic N) is 2. The lowest BCUT2D eigenvalue weighted by Crippen LogP contribution is -2.32. The van der Waals surface area contributed by atoms with E-state index in [0.29, 0.717) is 10.2 Å². The summed E-state index contributed by atoms with van der Waals surface area (Å²) in [5, 5.41) is 15.4. The van der Waals surface area contributed by atoms with Crippen molar-refractivity contribution in [3.05, 3.63) is 39.9 Å². The second kappa shape index (κ2) is 7.51. The number of nitrogens with one attached hydrogen (secondary N) is 1. The van der Waals surface area contributed by atoms with E-state index >= 15 is 0 Å². The molecule has 1 aromatic heterocycles. The van der Waals surface area contributed by atoms with Gasteiger partial charge >= 0.3 is 0 Å². The van der Waals surface area contributed by atoms with E-state index in [1.807, 2.05) is 5.38 Å². The third kappa shape index (κ3) is 4.26. The molecule has 7 heteroatoms. The fraction of sp³-hybridized carbons (Fsp3) is 0.412. The molecular weight excluding hydrogens is 346 g/mol. The first-order chi connectivity index (χ1) is 11.5. The number of phenolic OH excluding ortho intramolecular Hbond substituents is 1. The molecule has 24 heavy (non-hydrogen) atoms. The summed E-state index contributed by atoms with van der Waals surface area (Å²) in [6, 6.07) is 4.38. The molecule has 1 saturated heterocycles. The van der Waals surface area contributed by atoms with Crippen molar-refractivity contribution in [1.29, 1.82) is 0 Å². The highest BCUT2D eigenvalue weighted by molar-refractivity contribution is 7.14. The SMILES string of the molecule is CC1CCN(Cc2csc(NC(=O)c3cc(Cl)ccc3O)n2)CC1. The largest absolute Gasteiger partial charge is 0.507 e. The van der Waals surface area contributed by atoms with Crippen LogP contribution in [0.25, 0.3) is 0 Å². The number of amides is 1. The van der Waals surface area contributed by atoms with Gasteiger partial charge in [0.2, 0.25) is 0 Å². The second-order valence-corrected chi connectivity index (χ2v) is 7.51. The number of hydrogen-bond donors (Lipinski definition) is 2. The zero-order chi connectivity index (χ0) is 17.1. The van der Waals surface area contributed by atoms with Crippen LogP contribution in [0.2, 0.25) is 5.02 Å². The molecule has 1 amide bonds. The summed E-state index contributed by atoms with van der Waals surface area (Å²) in [5.41, 5.74) is 1.10. The smallest absolute Gasteiger partial charge is 0.261 e. The van der Waals surface area contributed by atoms with Crippen molar-refractivity contribution in [2.75, 3.05) is 18.4 Å². The Morgan fingerprint density at radius 2 is 2.21 bits per heavy atom. The number of benzene rings is 1. The second-order valence-electron chi connectivity index (χ2n) is 6.22. The monoisotopic (exact) mass is 365 g/mol. The highest BCUT2D eigenvalue weighted by atomic mass is 35.5. The zero-order valence-electron chi connectivity index (χ0n) is 13.5. The molecule has 2 heterocycles. The summed E-state index contributed by atoms with van der Waals surface area (Å²) in [5.74, 6) is 0.288. The number of thiazole rings is 1. The number of anilines is 1. The number of hydrogen-bond acceptors (Lipinski definition) is 5. The Labute approximate surface area is 150 Å².